The lowest BCUT2D eigenvalue weighted by atomic mass is 10.2. The molecular weight excluding hydrogens is 310 g/mol. The largest absolute Gasteiger partial charge is 0.395 e. The summed E-state index contributed by atoms with van der Waals surface area (Å²) in [7, 11) is -3.43. The molecule has 0 unspecified atom stereocenters. The quantitative estimate of drug-likeness (QED) is 0.583. The van der Waals surface area contributed by atoms with Crippen LogP contribution in [-0.4, -0.2) is 67.0 Å². The number of nitro benzene ring substituents is 1. The third kappa shape index (κ3) is 4.23. The maximum atomic E-state index is 12.4. The van der Waals surface area contributed by atoms with Gasteiger partial charge < -0.3 is 5.11 Å². The van der Waals surface area contributed by atoms with Gasteiger partial charge in [0.15, 0.2) is 0 Å². The number of sulfonamides is 1. The summed E-state index contributed by atoms with van der Waals surface area (Å²) in [6, 6.07) is 5.56. The van der Waals surface area contributed by atoms with Gasteiger partial charge >= 0.3 is 0 Å². The molecule has 1 fully saturated rings. The molecule has 2 rings (SSSR count). The number of hydrogen-bond donors (Lipinski definition) is 1. The van der Waals surface area contributed by atoms with Crippen molar-refractivity contribution >= 4 is 15.7 Å². The van der Waals surface area contributed by atoms with Crippen molar-refractivity contribution in [3.8, 4) is 0 Å². The zero-order chi connectivity index (χ0) is 16.2. The zero-order valence-corrected chi connectivity index (χ0v) is 12.9. The van der Waals surface area contributed by atoms with Gasteiger partial charge in [-0.05, 0) is 5.56 Å². The summed E-state index contributed by atoms with van der Waals surface area (Å²) in [6.07, 6.45) is 0. The minimum Gasteiger partial charge on any atom is -0.395 e. The van der Waals surface area contributed by atoms with Crippen LogP contribution in [0.3, 0.4) is 0 Å². The van der Waals surface area contributed by atoms with Gasteiger partial charge in [-0.1, -0.05) is 12.1 Å². The minimum absolute atomic E-state index is 0.0567. The van der Waals surface area contributed by atoms with E-state index in [9.17, 15) is 18.5 Å². The maximum Gasteiger partial charge on any atom is 0.269 e. The van der Waals surface area contributed by atoms with Gasteiger partial charge in [0.25, 0.3) is 5.69 Å². The molecule has 0 bridgehead atoms. The number of aliphatic hydroxyl groups excluding tert-OH is 1. The van der Waals surface area contributed by atoms with Gasteiger partial charge in [0, 0.05) is 44.9 Å². The van der Waals surface area contributed by atoms with Crippen LogP contribution >= 0.6 is 0 Å². The van der Waals surface area contributed by atoms with E-state index in [4.69, 9.17) is 5.11 Å². The molecule has 9 heteroatoms. The fourth-order valence-corrected chi connectivity index (χ4v) is 3.90. The predicted octanol–water partition coefficient (Wildman–Crippen LogP) is 0.0345. The lowest BCUT2D eigenvalue weighted by molar-refractivity contribution is -0.384. The fraction of sp³-hybridized carbons (Fsp3) is 0.538. The van der Waals surface area contributed by atoms with Crippen molar-refractivity contribution in [2.45, 2.75) is 5.75 Å². The number of non-ortho nitro benzene ring substituents is 1. The Morgan fingerprint density at radius 3 is 2.23 bits per heavy atom. The summed E-state index contributed by atoms with van der Waals surface area (Å²) in [6.45, 7) is 2.61. The van der Waals surface area contributed by atoms with E-state index in [2.05, 4.69) is 0 Å². The highest BCUT2D eigenvalue weighted by Gasteiger charge is 2.26. The van der Waals surface area contributed by atoms with Crippen LogP contribution in [0.5, 0.6) is 0 Å². The first-order chi connectivity index (χ1) is 10.4. The highest BCUT2D eigenvalue weighted by atomic mass is 32.2. The second kappa shape index (κ2) is 7.14. The molecule has 0 radical (unpaired) electrons. The van der Waals surface area contributed by atoms with E-state index in [0.717, 1.165) is 0 Å². The van der Waals surface area contributed by atoms with Crippen molar-refractivity contribution in [2.75, 3.05) is 39.3 Å². The molecule has 1 aliphatic rings. The number of nitro groups is 1. The number of nitrogens with zero attached hydrogens (tertiary/aromatic N) is 3. The molecule has 1 aromatic carbocycles. The van der Waals surface area contributed by atoms with Crippen molar-refractivity contribution in [1.29, 1.82) is 0 Å². The summed E-state index contributed by atoms with van der Waals surface area (Å²) in [5.41, 5.74) is 0.474. The van der Waals surface area contributed by atoms with Gasteiger partial charge in [0.1, 0.15) is 0 Å². The van der Waals surface area contributed by atoms with Gasteiger partial charge in [-0.2, -0.15) is 4.31 Å². The Hall–Kier alpha value is -1.55. The molecule has 0 aliphatic carbocycles. The van der Waals surface area contributed by atoms with E-state index in [1.807, 2.05) is 4.90 Å². The number of hydrogen-bond acceptors (Lipinski definition) is 6. The number of β-amino-alcohol motifs (C(OH)–C–C–N with tert-alkyl or cyclic N) is 1. The number of piperazine rings is 1. The molecule has 0 amide bonds. The Morgan fingerprint density at radius 1 is 1.14 bits per heavy atom. The predicted molar refractivity (Wildman–Crippen MR) is 80.8 cm³/mol. The molecule has 1 N–H and O–H groups in total. The first-order valence-electron chi connectivity index (χ1n) is 6.97. The van der Waals surface area contributed by atoms with E-state index in [1.165, 1.54) is 28.6 Å². The van der Waals surface area contributed by atoms with E-state index in [-0.39, 0.29) is 18.0 Å². The SMILES string of the molecule is O=[N+]([O-])c1ccc(CS(=O)(=O)N2CCN(CCO)CC2)cc1. The monoisotopic (exact) mass is 329 g/mol. The zero-order valence-electron chi connectivity index (χ0n) is 12.1. The van der Waals surface area contributed by atoms with E-state index >= 15 is 0 Å². The average molecular weight is 329 g/mol. The topological polar surface area (TPSA) is 104 Å². The maximum absolute atomic E-state index is 12.4. The van der Waals surface area contributed by atoms with Crippen LogP contribution in [0.25, 0.3) is 0 Å². The van der Waals surface area contributed by atoms with E-state index < -0.39 is 14.9 Å². The van der Waals surface area contributed by atoms with Crippen molar-refractivity contribution in [3.05, 3.63) is 39.9 Å². The lowest BCUT2D eigenvalue weighted by Gasteiger charge is -2.33. The van der Waals surface area contributed by atoms with Crippen LogP contribution in [0, 0.1) is 10.1 Å². The van der Waals surface area contributed by atoms with Gasteiger partial charge in [-0.25, -0.2) is 8.42 Å². The molecule has 122 valence electrons. The number of rotatable bonds is 6. The Kier molecular flexibility index (Phi) is 5.46. The van der Waals surface area contributed by atoms with Crippen LogP contribution in [0.4, 0.5) is 5.69 Å². The van der Waals surface area contributed by atoms with Crippen molar-refractivity contribution in [3.63, 3.8) is 0 Å². The Labute approximate surface area is 129 Å². The fourth-order valence-electron chi connectivity index (χ4n) is 2.39. The lowest BCUT2D eigenvalue weighted by Crippen LogP contribution is -2.49. The second-order valence-electron chi connectivity index (χ2n) is 5.14. The highest BCUT2D eigenvalue weighted by Crippen LogP contribution is 2.17. The summed E-state index contributed by atoms with van der Waals surface area (Å²) >= 11 is 0. The van der Waals surface area contributed by atoms with Crippen LogP contribution in [0.15, 0.2) is 24.3 Å². The van der Waals surface area contributed by atoms with Gasteiger partial charge in [0.2, 0.25) is 10.0 Å². The highest BCUT2D eigenvalue weighted by molar-refractivity contribution is 7.88. The van der Waals surface area contributed by atoms with E-state index in [0.29, 0.717) is 38.3 Å². The Morgan fingerprint density at radius 2 is 1.73 bits per heavy atom. The van der Waals surface area contributed by atoms with Crippen molar-refractivity contribution in [2.24, 2.45) is 0 Å². The van der Waals surface area contributed by atoms with Crippen LogP contribution in [0.2, 0.25) is 0 Å². The average Bonchev–Trinajstić information content (AvgIpc) is 2.48. The van der Waals surface area contributed by atoms with Gasteiger partial charge in [-0.15, -0.1) is 0 Å². The van der Waals surface area contributed by atoms with Gasteiger partial charge in [-0.3, -0.25) is 15.0 Å². The van der Waals surface area contributed by atoms with E-state index in [1.54, 1.807) is 0 Å². The smallest absolute Gasteiger partial charge is 0.269 e. The summed E-state index contributed by atoms with van der Waals surface area (Å²) in [5.74, 6) is -0.162. The first kappa shape index (κ1) is 16.8. The molecule has 1 aromatic rings. The normalized spacial score (nSPS) is 17.5. The summed E-state index contributed by atoms with van der Waals surface area (Å²) < 4.78 is 26.2. The first-order valence-corrected chi connectivity index (χ1v) is 8.57. The molecule has 1 saturated heterocycles. The summed E-state index contributed by atoms with van der Waals surface area (Å²) in [4.78, 5) is 12.1. The molecule has 0 spiro atoms. The van der Waals surface area contributed by atoms with Crippen LogP contribution in [-0.2, 0) is 15.8 Å². The molecular formula is C13H19N3O5S. The molecule has 8 nitrogen and oxygen atoms in total. The molecule has 0 saturated carbocycles. The number of benzene rings is 1. The standard InChI is InChI=1S/C13H19N3O5S/c17-10-9-14-5-7-15(8-6-14)22(20,21)11-12-1-3-13(4-2-12)16(18)19/h1-4,17H,5-11H2. The molecule has 1 aliphatic heterocycles. The Balaban J connectivity index is 1.98. The van der Waals surface area contributed by atoms with Crippen LogP contribution < -0.4 is 0 Å². The van der Waals surface area contributed by atoms with Crippen molar-refractivity contribution < 1.29 is 18.4 Å². The molecule has 1 heterocycles. The summed E-state index contributed by atoms with van der Waals surface area (Å²) in [5, 5.41) is 19.5. The molecule has 0 atom stereocenters. The molecule has 0 aromatic heterocycles. The third-order valence-corrected chi connectivity index (χ3v) is 5.49. The van der Waals surface area contributed by atoms with Gasteiger partial charge in [0.05, 0.1) is 17.3 Å². The second-order valence-corrected chi connectivity index (χ2v) is 7.11. The molecule has 22 heavy (non-hydrogen) atoms. The third-order valence-electron chi connectivity index (χ3n) is 3.64. The van der Waals surface area contributed by atoms with Crippen molar-refractivity contribution in [1.82, 2.24) is 9.21 Å². The minimum atomic E-state index is -3.43. The Bertz CT molecular complexity index is 609. The van der Waals surface area contributed by atoms with Crippen LogP contribution in [0.1, 0.15) is 5.56 Å². The number of aliphatic hydroxyl groups is 1.